The molecule has 0 aromatic rings. The van der Waals surface area contributed by atoms with Gasteiger partial charge in [-0.3, -0.25) is 13.8 Å². The lowest BCUT2D eigenvalue weighted by Gasteiger charge is -2.26. The third-order valence-corrected chi connectivity index (χ3v) is 11.3. The van der Waals surface area contributed by atoms with Crippen LogP contribution in [0.2, 0.25) is 0 Å². The van der Waals surface area contributed by atoms with E-state index in [-0.39, 0.29) is 19.1 Å². The van der Waals surface area contributed by atoms with Crippen molar-refractivity contribution in [1.29, 1.82) is 0 Å². The molecule has 0 bridgehead atoms. The Hall–Kier alpha value is -0.500. The van der Waals surface area contributed by atoms with Crippen LogP contribution < -0.4 is 5.32 Å². The Morgan fingerprint density at radius 2 is 0.923 bits per heavy atom. The van der Waals surface area contributed by atoms with E-state index in [0.717, 1.165) is 44.9 Å². The van der Waals surface area contributed by atoms with Crippen LogP contribution in [0, 0.1) is 0 Å². The Morgan fingerprint density at radius 3 is 1.29 bits per heavy atom. The summed E-state index contributed by atoms with van der Waals surface area (Å²) < 4.78 is 23.4. The van der Waals surface area contributed by atoms with Crippen LogP contribution in [0.1, 0.15) is 219 Å². The largest absolute Gasteiger partial charge is 0.472 e. The third kappa shape index (κ3) is 37.8. The van der Waals surface area contributed by atoms with Gasteiger partial charge in [-0.15, -0.1) is 0 Å². The zero-order chi connectivity index (χ0) is 38.6. The summed E-state index contributed by atoms with van der Waals surface area (Å²) in [6, 6.07) is -0.749. The molecule has 3 N–H and O–H groups in total. The number of carbonyl (C=O) groups excluding carboxylic acids is 1. The average Bonchev–Trinajstić information content (AvgIpc) is 3.09. The summed E-state index contributed by atoms with van der Waals surface area (Å²) in [6.45, 7) is 4.79. The highest BCUT2D eigenvalue weighted by Gasteiger charge is 2.28. The summed E-state index contributed by atoms with van der Waals surface area (Å²) in [4.78, 5) is 22.9. The number of aliphatic hydroxyl groups is 1. The average molecular weight is 762 g/mol. The maximum atomic E-state index is 12.7. The van der Waals surface area contributed by atoms with E-state index in [1.165, 1.54) is 148 Å². The Kier molecular flexibility index (Phi) is 35.8. The summed E-state index contributed by atoms with van der Waals surface area (Å²) in [5, 5.41) is 13.7. The summed E-state index contributed by atoms with van der Waals surface area (Å²) in [7, 11) is 1.62. The fourth-order valence-electron chi connectivity index (χ4n) is 6.75. The van der Waals surface area contributed by atoms with Crippen LogP contribution in [-0.2, 0) is 18.4 Å². The van der Waals surface area contributed by atoms with Gasteiger partial charge in [0.1, 0.15) is 13.2 Å². The molecule has 312 valence electrons. The number of hydrogen-bond donors (Lipinski definition) is 3. The van der Waals surface area contributed by atoms with Crippen molar-refractivity contribution >= 4 is 13.7 Å². The van der Waals surface area contributed by atoms with Crippen LogP contribution in [0.15, 0.2) is 0 Å². The molecule has 0 saturated heterocycles. The van der Waals surface area contributed by atoms with Gasteiger partial charge in [0.05, 0.1) is 39.9 Å². The number of carbonyl (C=O) groups is 1. The number of quaternary nitrogens is 1. The molecule has 0 rings (SSSR count). The van der Waals surface area contributed by atoms with Gasteiger partial charge >= 0.3 is 7.82 Å². The first-order valence-electron chi connectivity index (χ1n) is 22.4. The molecule has 0 spiro atoms. The molecule has 3 unspecified atom stereocenters. The predicted octanol–water partition coefficient (Wildman–Crippen LogP) is 12.2. The van der Waals surface area contributed by atoms with Gasteiger partial charge in [0.2, 0.25) is 5.91 Å². The van der Waals surface area contributed by atoms with E-state index in [9.17, 15) is 19.4 Å². The number of rotatable bonds is 41. The molecule has 3 atom stereocenters. The van der Waals surface area contributed by atoms with Crippen molar-refractivity contribution in [3.63, 3.8) is 0 Å². The summed E-state index contributed by atoms with van der Waals surface area (Å²) in [5.74, 6) is -0.149. The molecule has 8 nitrogen and oxygen atoms in total. The van der Waals surface area contributed by atoms with Crippen LogP contribution in [0.4, 0.5) is 0 Å². The second-order valence-corrected chi connectivity index (χ2v) is 18.2. The molecule has 52 heavy (non-hydrogen) atoms. The van der Waals surface area contributed by atoms with Gasteiger partial charge in [-0.05, 0) is 12.8 Å². The Balaban J connectivity index is 3.84. The number of nitrogens with zero attached hydrogens (tertiary/aromatic N) is 1. The first kappa shape index (κ1) is 51.5. The normalized spacial score (nSPS) is 14.4. The number of unbranched alkanes of at least 4 members (excludes halogenated alkanes) is 28. The SMILES string of the molecule is CCCCCCCCCCCCCCCCCCCCCCCCCCCCC(=O)NC(COP(=O)(O)OCC[N+](C)(C)C)C(O)CCCCCC. The van der Waals surface area contributed by atoms with Gasteiger partial charge in [0, 0.05) is 6.42 Å². The number of hydrogen-bond acceptors (Lipinski definition) is 5. The molecule has 0 aliphatic carbocycles. The number of phosphoric acid groups is 1. The second kappa shape index (κ2) is 36.2. The van der Waals surface area contributed by atoms with E-state index in [2.05, 4.69) is 19.2 Å². The summed E-state index contributed by atoms with van der Waals surface area (Å²) in [6.07, 6.45) is 39.2. The maximum absolute atomic E-state index is 12.7. The van der Waals surface area contributed by atoms with E-state index in [0.29, 0.717) is 23.9 Å². The summed E-state index contributed by atoms with van der Waals surface area (Å²) in [5.41, 5.74) is 0. The van der Waals surface area contributed by atoms with Crippen molar-refractivity contribution in [2.24, 2.45) is 0 Å². The molecule has 0 fully saturated rings. The Labute approximate surface area is 323 Å². The lowest BCUT2D eigenvalue weighted by Crippen LogP contribution is -2.46. The monoisotopic (exact) mass is 762 g/mol. The highest BCUT2D eigenvalue weighted by molar-refractivity contribution is 7.47. The van der Waals surface area contributed by atoms with Gasteiger partial charge in [-0.25, -0.2) is 4.57 Å². The van der Waals surface area contributed by atoms with E-state index in [1.807, 2.05) is 21.1 Å². The maximum Gasteiger partial charge on any atom is 0.472 e. The topological polar surface area (TPSA) is 105 Å². The molecule has 9 heteroatoms. The highest BCUT2D eigenvalue weighted by atomic mass is 31.2. The minimum atomic E-state index is -4.29. The minimum Gasteiger partial charge on any atom is -0.391 e. The van der Waals surface area contributed by atoms with Crippen molar-refractivity contribution in [2.45, 2.75) is 231 Å². The molecule has 0 aromatic heterocycles. The quantitative estimate of drug-likeness (QED) is 0.0325. The first-order chi connectivity index (χ1) is 25.0. The Morgan fingerprint density at radius 1 is 0.577 bits per heavy atom. The summed E-state index contributed by atoms with van der Waals surface area (Å²) >= 11 is 0. The Bertz CT molecular complexity index is 824. The van der Waals surface area contributed by atoms with Crippen LogP contribution in [-0.4, -0.2) is 73.4 Å². The zero-order valence-corrected chi connectivity index (χ0v) is 36.2. The smallest absolute Gasteiger partial charge is 0.391 e. The molecule has 0 aromatic carbocycles. The van der Waals surface area contributed by atoms with Gasteiger partial charge < -0.3 is 19.8 Å². The van der Waals surface area contributed by atoms with Crippen LogP contribution in [0.25, 0.3) is 0 Å². The molecule has 0 radical (unpaired) electrons. The fraction of sp³-hybridized carbons (Fsp3) is 0.977. The molecular formula is C43H90N2O6P+. The first-order valence-corrected chi connectivity index (χ1v) is 23.9. The number of aliphatic hydroxyl groups excluding tert-OH is 1. The minimum absolute atomic E-state index is 0.0769. The van der Waals surface area contributed by atoms with Gasteiger partial charge in [0.15, 0.2) is 0 Å². The lowest BCUT2D eigenvalue weighted by atomic mass is 10.0. The van der Waals surface area contributed by atoms with Crippen LogP contribution in [0.3, 0.4) is 0 Å². The molecular weight excluding hydrogens is 671 g/mol. The highest BCUT2D eigenvalue weighted by Crippen LogP contribution is 2.43. The van der Waals surface area contributed by atoms with Crippen molar-refractivity contribution in [2.75, 3.05) is 40.9 Å². The van der Waals surface area contributed by atoms with E-state index >= 15 is 0 Å². The van der Waals surface area contributed by atoms with E-state index < -0.39 is 20.0 Å². The van der Waals surface area contributed by atoms with E-state index in [1.54, 1.807) is 0 Å². The van der Waals surface area contributed by atoms with Crippen molar-refractivity contribution in [1.82, 2.24) is 5.32 Å². The van der Waals surface area contributed by atoms with Crippen LogP contribution >= 0.6 is 7.82 Å². The van der Waals surface area contributed by atoms with Gasteiger partial charge in [0.25, 0.3) is 0 Å². The molecule has 0 heterocycles. The standard InChI is InChI=1S/C43H89N2O6P/c1-6-8-10-12-13-14-15-16-17-18-19-20-21-22-23-24-25-26-27-28-29-30-31-32-33-35-37-43(47)44-41(42(46)36-34-11-9-7-2)40-51-52(48,49)50-39-38-45(3,4)5/h41-42,46H,6-40H2,1-5H3,(H-,44,47,48,49)/p+1. The molecule has 0 aliphatic rings. The molecule has 0 aliphatic heterocycles. The van der Waals surface area contributed by atoms with Gasteiger partial charge in [-0.2, -0.15) is 0 Å². The fourth-order valence-corrected chi connectivity index (χ4v) is 7.49. The number of amides is 1. The van der Waals surface area contributed by atoms with Crippen molar-refractivity contribution < 1.29 is 32.9 Å². The molecule has 1 amide bonds. The predicted molar refractivity (Wildman–Crippen MR) is 222 cm³/mol. The van der Waals surface area contributed by atoms with Gasteiger partial charge in [-0.1, -0.05) is 200 Å². The van der Waals surface area contributed by atoms with E-state index in [4.69, 9.17) is 9.05 Å². The lowest BCUT2D eigenvalue weighted by molar-refractivity contribution is -0.870. The van der Waals surface area contributed by atoms with Crippen molar-refractivity contribution in [3.8, 4) is 0 Å². The van der Waals surface area contributed by atoms with Crippen molar-refractivity contribution in [3.05, 3.63) is 0 Å². The zero-order valence-electron chi connectivity index (χ0n) is 35.3. The third-order valence-electron chi connectivity index (χ3n) is 10.4. The van der Waals surface area contributed by atoms with Crippen LogP contribution in [0.5, 0.6) is 0 Å². The second-order valence-electron chi connectivity index (χ2n) is 16.8. The molecule has 0 saturated carbocycles. The number of likely N-dealkylation sites (N-methyl/N-ethyl adjacent to an activating group) is 1. The number of nitrogens with one attached hydrogen (secondary N) is 1. The number of phosphoric ester groups is 1.